The molecule has 0 spiro atoms. The van der Waals surface area contributed by atoms with Crippen LogP contribution in [-0.2, 0) is 14.3 Å². The second kappa shape index (κ2) is 5.56. The van der Waals surface area contributed by atoms with Gasteiger partial charge in [-0.2, -0.15) is 0 Å². The molecule has 0 bridgehead atoms. The number of ether oxygens (including phenoxy) is 2. The number of esters is 1. The number of carbonyl (C=O) groups excluding carboxylic acids is 1. The monoisotopic (exact) mass is 131 g/mol. The Morgan fingerprint density at radius 3 is 2.78 bits per heavy atom. The van der Waals surface area contributed by atoms with Crippen molar-refractivity contribution in [1.82, 2.24) is 0 Å². The minimum absolute atomic E-state index is 0.336. The molecule has 0 N–H and O–H groups in total. The summed E-state index contributed by atoms with van der Waals surface area (Å²) in [4.78, 5) is 10.3. The van der Waals surface area contributed by atoms with E-state index in [1.165, 1.54) is 13.5 Å². The van der Waals surface area contributed by atoms with Gasteiger partial charge < -0.3 is 9.47 Å². The van der Waals surface area contributed by atoms with Gasteiger partial charge >= 0.3 is 5.97 Å². The summed E-state index contributed by atoms with van der Waals surface area (Å²) < 4.78 is 9.17. The Bertz CT molecular complexity index is 80.4. The highest BCUT2D eigenvalue weighted by Crippen LogP contribution is 1.82. The van der Waals surface area contributed by atoms with Crippen molar-refractivity contribution < 1.29 is 14.3 Å². The molecule has 0 saturated heterocycles. The van der Waals surface area contributed by atoms with Gasteiger partial charge in [0.15, 0.2) is 0 Å². The first-order chi connectivity index (χ1) is 4.31. The maximum absolute atomic E-state index is 10.3. The Hall–Kier alpha value is -0.570. The molecular formula is C6H11O3. The van der Waals surface area contributed by atoms with Crippen molar-refractivity contribution in [2.45, 2.75) is 6.92 Å². The SMILES string of the molecule is CCOC[CH]C(=O)OC. The van der Waals surface area contributed by atoms with Gasteiger partial charge in [-0.1, -0.05) is 0 Å². The first-order valence-electron chi connectivity index (χ1n) is 2.80. The van der Waals surface area contributed by atoms with Gasteiger partial charge in [-0.05, 0) is 6.92 Å². The zero-order chi connectivity index (χ0) is 7.11. The number of carbonyl (C=O) groups is 1. The van der Waals surface area contributed by atoms with Gasteiger partial charge in [0.1, 0.15) is 0 Å². The van der Waals surface area contributed by atoms with Crippen molar-refractivity contribution in [3.05, 3.63) is 6.42 Å². The molecule has 53 valence electrons. The summed E-state index contributed by atoms with van der Waals surface area (Å²) in [5, 5.41) is 0. The van der Waals surface area contributed by atoms with Crippen LogP contribution in [0.1, 0.15) is 6.92 Å². The van der Waals surface area contributed by atoms with Crippen molar-refractivity contribution in [2.24, 2.45) is 0 Å². The molecule has 9 heavy (non-hydrogen) atoms. The summed E-state index contributed by atoms with van der Waals surface area (Å²) in [6.07, 6.45) is 1.35. The molecule has 0 fully saturated rings. The molecule has 0 aliphatic carbocycles. The first-order valence-corrected chi connectivity index (χ1v) is 2.80. The van der Waals surface area contributed by atoms with Crippen molar-refractivity contribution in [3.8, 4) is 0 Å². The summed E-state index contributed by atoms with van der Waals surface area (Å²) in [5.74, 6) is -0.344. The largest absolute Gasteiger partial charge is 0.469 e. The lowest BCUT2D eigenvalue weighted by Crippen LogP contribution is -2.06. The lowest BCUT2D eigenvalue weighted by Gasteiger charge is -1.97. The Morgan fingerprint density at radius 2 is 2.33 bits per heavy atom. The maximum atomic E-state index is 10.3. The third kappa shape index (κ3) is 5.30. The fraction of sp³-hybridized carbons (Fsp3) is 0.667. The minimum atomic E-state index is -0.344. The van der Waals surface area contributed by atoms with E-state index in [4.69, 9.17) is 4.74 Å². The summed E-state index contributed by atoms with van der Waals surface area (Å²) >= 11 is 0. The molecule has 0 atom stereocenters. The predicted octanol–water partition coefficient (Wildman–Crippen LogP) is 0.400. The summed E-state index contributed by atoms with van der Waals surface area (Å²) in [6.45, 7) is 2.82. The van der Waals surface area contributed by atoms with Crippen LogP contribution < -0.4 is 0 Å². The van der Waals surface area contributed by atoms with Crippen LogP contribution in [0.25, 0.3) is 0 Å². The molecule has 0 unspecified atom stereocenters. The number of rotatable bonds is 4. The average Bonchev–Trinajstić information content (AvgIpc) is 1.89. The normalized spacial score (nSPS) is 9.11. The van der Waals surface area contributed by atoms with Gasteiger partial charge in [0.05, 0.1) is 20.1 Å². The number of methoxy groups -OCH3 is 1. The fourth-order valence-corrected chi connectivity index (χ4v) is 0.328. The molecule has 0 aromatic heterocycles. The van der Waals surface area contributed by atoms with Gasteiger partial charge in [0.25, 0.3) is 0 Å². The van der Waals surface area contributed by atoms with Gasteiger partial charge in [0, 0.05) is 6.61 Å². The van der Waals surface area contributed by atoms with Crippen LogP contribution in [0.2, 0.25) is 0 Å². The molecule has 0 aliphatic rings. The van der Waals surface area contributed by atoms with E-state index >= 15 is 0 Å². The molecule has 0 aliphatic heterocycles. The lowest BCUT2D eigenvalue weighted by molar-refractivity contribution is -0.137. The number of hydrogen-bond donors (Lipinski definition) is 0. The third-order valence-corrected chi connectivity index (χ3v) is 0.773. The summed E-state index contributed by atoms with van der Waals surface area (Å²) in [7, 11) is 1.34. The molecule has 0 aromatic rings. The van der Waals surface area contributed by atoms with E-state index in [0.29, 0.717) is 13.2 Å². The average molecular weight is 131 g/mol. The summed E-state index contributed by atoms with van der Waals surface area (Å²) in [5.41, 5.74) is 0. The van der Waals surface area contributed by atoms with E-state index in [2.05, 4.69) is 4.74 Å². The van der Waals surface area contributed by atoms with Crippen molar-refractivity contribution in [2.75, 3.05) is 20.3 Å². The number of hydrogen-bond acceptors (Lipinski definition) is 3. The molecule has 3 nitrogen and oxygen atoms in total. The molecule has 1 radical (unpaired) electrons. The molecule has 3 heteroatoms. The highest BCUT2D eigenvalue weighted by atomic mass is 16.5. The van der Waals surface area contributed by atoms with Crippen LogP contribution in [0.4, 0.5) is 0 Å². The Morgan fingerprint density at radius 1 is 1.67 bits per heavy atom. The van der Waals surface area contributed by atoms with Gasteiger partial charge in [-0.25, -0.2) is 0 Å². The van der Waals surface area contributed by atoms with E-state index < -0.39 is 0 Å². The zero-order valence-corrected chi connectivity index (χ0v) is 5.72. The van der Waals surface area contributed by atoms with Crippen LogP contribution in [0.3, 0.4) is 0 Å². The maximum Gasteiger partial charge on any atom is 0.311 e. The van der Waals surface area contributed by atoms with E-state index in [9.17, 15) is 4.79 Å². The molecule has 0 heterocycles. The fourth-order valence-electron chi connectivity index (χ4n) is 0.328. The van der Waals surface area contributed by atoms with E-state index in [-0.39, 0.29) is 5.97 Å². The first kappa shape index (κ1) is 8.43. The van der Waals surface area contributed by atoms with Crippen LogP contribution in [-0.4, -0.2) is 26.3 Å². The van der Waals surface area contributed by atoms with Crippen LogP contribution in [0.5, 0.6) is 0 Å². The molecule has 0 saturated carbocycles. The van der Waals surface area contributed by atoms with Crippen LogP contribution in [0, 0.1) is 6.42 Å². The van der Waals surface area contributed by atoms with Crippen molar-refractivity contribution in [3.63, 3.8) is 0 Å². The second-order valence-corrected chi connectivity index (χ2v) is 1.39. The minimum Gasteiger partial charge on any atom is -0.469 e. The second-order valence-electron chi connectivity index (χ2n) is 1.39. The highest BCUT2D eigenvalue weighted by Gasteiger charge is 1.97. The van der Waals surface area contributed by atoms with Gasteiger partial charge in [-0.3, -0.25) is 4.79 Å². The predicted molar refractivity (Wildman–Crippen MR) is 32.8 cm³/mol. The topological polar surface area (TPSA) is 35.5 Å². The smallest absolute Gasteiger partial charge is 0.311 e. The van der Waals surface area contributed by atoms with Crippen LogP contribution >= 0.6 is 0 Å². The van der Waals surface area contributed by atoms with Crippen molar-refractivity contribution in [1.29, 1.82) is 0 Å². The van der Waals surface area contributed by atoms with E-state index in [1.807, 2.05) is 6.92 Å². The molecule has 0 rings (SSSR count). The third-order valence-electron chi connectivity index (χ3n) is 0.773. The Labute approximate surface area is 55.0 Å². The summed E-state index contributed by atoms with van der Waals surface area (Å²) in [6, 6.07) is 0. The standard InChI is InChI=1S/C6H11O3/c1-3-9-5-4-6(7)8-2/h4H,3,5H2,1-2H3. The quantitative estimate of drug-likeness (QED) is 0.409. The van der Waals surface area contributed by atoms with Gasteiger partial charge in [0.2, 0.25) is 0 Å². The molecule has 0 aromatic carbocycles. The van der Waals surface area contributed by atoms with Crippen LogP contribution in [0.15, 0.2) is 0 Å². The highest BCUT2D eigenvalue weighted by molar-refractivity contribution is 5.78. The van der Waals surface area contributed by atoms with E-state index in [1.54, 1.807) is 0 Å². The molecule has 0 amide bonds. The van der Waals surface area contributed by atoms with E-state index in [0.717, 1.165) is 0 Å². The molecular weight excluding hydrogens is 120 g/mol. The Balaban J connectivity index is 2.97. The van der Waals surface area contributed by atoms with Gasteiger partial charge in [-0.15, -0.1) is 0 Å². The zero-order valence-electron chi connectivity index (χ0n) is 5.72. The van der Waals surface area contributed by atoms with Crippen molar-refractivity contribution >= 4 is 5.97 Å². The Kier molecular flexibility index (Phi) is 5.21. The lowest BCUT2D eigenvalue weighted by atomic mass is 10.5.